The molecule has 0 aromatic heterocycles. The van der Waals surface area contributed by atoms with Crippen molar-refractivity contribution in [3.63, 3.8) is 0 Å². The van der Waals surface area contributed by atoms with E-state index in [0.29, 0.717) is 6.54 Å². The zero-order valence-electron chi connectivity index (χ0n) is 7.54. The van der Waals surface area contributed by atoms with Gasteiger partial charge in [-0.15, -0.1) is 0 Å². The van der Waals surface area contributed by atoms with Crippen molar-refractivity contribution in [3.8, 4) is 0 Å². The molecule has 0 radical (unpaired) electrons. The lowest BCUT2D eigenvalue weighted by Crippen LogP contribution is -1.98. The van der Waals surface area contributed by atoms with E-state index < -0.39 is 0 Å². The third-order valence-corrected chi connectivity index (χ3v) is 2.31. The van der Waals surface area contributed by atoms with Crippen LogP contribution in [0.5, 0.6) is 0 Å². The van der Waals surface area contributed by atoms with Crippen LogP contribution in [0.3, 0.4) is 0 Å². The number of halogens is 1. The Labute approximate surface area is 87.8 Å². The van der Waals surface area contributed by atoms with Gasteiger partial charge in [-0.25, -0.2) is 0 Å². The molecule has 1 nitrogen and oxygen atoms in total. The molecule has 1 rings (SSSR count). The number of allylic oxidation sites excluding steroid dienone is 1. The summed E-state index contributed by atoms with van der Waals surface area (Å²) in [7, 11) is 0. The zero-order valence-corrected chi connectivity index (χ0v) is 9.13. The molecule has 0 aliphatic heterocycles. The van der Waals surface area contributed by atoms with E-state index in [-0.39, 0.29) is 0 Å². The lowest BCUT2D eigenvalue weighted by Gasteiger charge is -2.01. The molecule has 0 spiro atoms. The summed E-state index contributed by atoms with van der Waals surface area (Å²) >= 11 is 3.38. The summed E-state index contributed by atoms with van der Waals surface area (Å²) in [6.07, 6.45) is 5.34. The fourth-order valence-electron chi connectivity index (χ4n) is 1.16. The van der Waals surface area contributed by atoms with Crippen molar-refractivity contribution in [2.75, 3.05) is 5.33 Å². The van der Waals surface area contributed by atoms with Crippen LogP contribution in [0.2, 0.25) is 0 Å². The first-order valence-electron chi connectivity index (χ1n) is 4.39. The lowest BCUT2D eigenvalue weighted by atomic mass is 10.1. The average molecular weight is 240 g/mol. The van der Waals surface area contributed by atoms with Gasteiger partial charge in [0.15, 0.2) is 0 Å². The third-order valence-electron chi connectivity index (χ3n) is 1.85. The highest BCUT2D eigenvalue weighted by atomic mass is 79.9. The largest absolute Gasteiger partial charge is 0.326 e. The molecule has 13 heavy (non-hydrogen) atoms. The third kappa shape index (κ3) is 3.33. The second-order valence-corrected chi connectivity index (χ2v) is 3.58. The number of hydrogen-bond donors (Lipinski definition) is 1. The highest BCUT2D eigenvalue weighted by Crippen LogP contribution is 2.10. The Morgan fingerprint density at radius 2 is 2.08 bits per heavy atom. The molecule has 0 aliphatic rings. The van der Waals surface area contributed by atoms with Crippen molar-refractivity contribution in [1.29, 1.82) is 0 Å². The monoisotopic (exact) mass is 239 g/mol. The maximum absolute atomic E-state index is 5.61. The van der Waals surface area contributed by atoms with Gasteiger partial charge in [-0.3, -0.25) is 0 Å². The van der Waals surface area contributed by atoms with Crippen molar-refractivity contribution >= 4 is 22.0 Å². The molecular weight excluding hydrogens is 226 g/mol. The molecule has 0 heterocycles. The Hall–Kier alpha value is -0.600. The van der Waals surface area contributed by atoms with Crippen LogP contribution in [0.4, 0.5) is 0 Å². The summed E-state index contributed by atoms with van der Waals surface area (Å²) in [6.45, 7) is 0.606. The number of hydrogen-bond acceptors (Lipinski definition) is 1. The van der Waals surface area contributed by atoms with Crippen LogP contribution < -0.4 is 5.73 Å². The Bertz CT molecular complexity index is 281. The average Bonchev–Trinajstić information content (AvgIpc) is 2.19. The van der Waals surface area contributed by atoms with E-state index in [9.17, 15) is 0 Å². The molecule has 70 valence electrons. The SMILES string of the molecule is NCc1ccccc1C=CCCBr. The van der Waals surface area contributed by atoms with Crippen LogP contribution in [0, 0.1) is 0 Å². The summed E-state index contributed by atoms with van der Waals surface area (Å²) in [6, 6.07) is 8.21. The first-order chi connectivity index (χ1) is 6.38. The van der Waals surface area contributed by atoms with Gasteiger partial charge < -0.3 is 5.73 Å². The summed E-state index contributed by atoms with van der Waals surface area (Å²) in [4.78, 5) is 0. The molecule has 2 N–H and O–H groups in total. The predicted octanol–water partition coefficient (Wildman–Crippen LogP) is 2.94. The van der Waals surface area contributed by atoms with Crippen LogP contribution in [-0.4, -0.2) is 5.33 Å². The van der Waals surface area contributed by atoms with Gasteiger partial charge in [-0.2, -0.15) is 0 Å². The molecule has 0 bridgehead atoms. The van der Waals surface area contributed by atoms with E-state index in [2.05, 4.69) is 40.2 Å². The molecule has 0 saturated heterocycles. The Morgan fingerprint density at radius 3 is 2.77 bits per heavy atom. The maximum atomic E-state index is 5.61. The molecule has 0 fully saturated rings. The lowest BCUT2D eigenvalue weighted by molar-refractivity contribution is 1.07. The molecule has 1 aromatic carbocycles. The van der Waals surface area contributed by atoms with E-state index in [1.54, 1.807) is 0 Å². The first-order valence-corrected chi connectivity index (χ1v) is 5.51. The van der Waals surface area contributed by atoms with Crippen LogP contribution in [-0.2, 0) is 6.54 Å². The van der Waals surface area contributed by atoms with Gasteiger partial charge in [-0.1, -0.05) is 52.3 Å². The van der Waals surface area contributed by atoms with Crippen molar-refractivity contribution in [2.24, 2.45) is 5.73 Å². The molecular formula is C11H14BrN. The molecule has 0 aliphatic carbocycles. The number of alkyl halides is 1. The van der Waals surface area contributed by atoms with E-state index in [0.717, 1.165) is 11.8 Å². The zero-order chi connectivity index (χ0) is 9.52. The Morgan fingerprint density at radius 1 is 1.31 bits per heavy atom. The van der Waals surface area contributed by atoms with Crippen molar-refractivity contribution < 1.29 is 0 Å². The molecule has 1 aromatic rings. The number of benzene rings is 1. The Balaban J connectivity index is 2.74. The van der Waals surface area contributed by atoms with Crippen LogP contribution in [0.25, 0.3) is 6.08 Å². The number of nitrogens with two attached hydrogens (primary N) is 1. The fraction of sp³-hybridized carbons (Fsp3) is 0.273. The summed E-state index contributed by atoms with van der Waals surface area (Å²) in [5.41, 5.74) is 8.04. The van der Waals surface area contributed by atoms with Gasteiger partial charge in [-0.05, 0) is 17.5 Å². The van der Waals surface area contributed by atoms with Gasteiger partial charge in [0.1, 0.15) is 0 Å². The highest BCUT2D eigenvalue weighted by molar-refractivity contribution is 9.09. The minimum atomic E-state index is 0.606. The van der Waals surface area contributed by atoms with Gasteiger partial charge in [0.25, 0.3) is 0 Å². The second-order valence-electron chi connectivity index (χ2n) is 2.78. The van der Waals surface area contributed by atoms with Crippen LogP contribution in [0.15, 0.2) is 30.3 Å². The highest BCUT2D eigenvalue weighted by Gasteiger charge is 1.93. The van der Waals surface area contributed by atoms with Crippen molar-refractivity contribution in [3.05, 3.63) is 41.5 Å². The van der Waals surface area contributed by atoms with E-state index in [4.69, 9.17) is 5.73 Å². The smallest absolute Gasteiger partial charge is 0.0184 e. The van der Waals surface area contributed by atoms with Crippen LogP contribution >= 0.6 is 15.9 Å². The molecule has 2 heteroatoms. The van der Waals surface area contributed by atoms with Gasteiger partial charge in [0.05, 0.1) is 0 Å². The van der Waals surface area contributed by atoms with Crippen molar-refractivity contribution in [1.82, 2.24) is 0 Å². The van der Waals surface area contributed by atoms with Gasteiger partial charge in [0, 0.05) is 11.9 Å². The van der Waals surface area contributed by atoms with E-state index >= 15 is 0 Å². The number of rotatable bonds is 4. The summed E-state index contributed by atoms with van der Waals surface area (Å²) < 4.78 is 0. The van der Waals surface area contributed by atoms with Crippen molar-refractivity contribution in [2.45, 2.75) is 13.0 Å². The molecule has 0 saturated carbocycles. The molecule has 0 unspecified atom stereocenters. The maximum Gasteiger partial charge on any atom is 0.0184 e. The summed E-state index contributed by atoms with van der Waals surface area (Å²) in [5.74, 6) is 0. The standard InChI is InChI=1S/C11H14BrN/c12-8-4-3-6-10-5-1-2-7-11(10)9-13/h1-3,5-7H,4,8-9,13H2. The van der Waals surface area contributed by atoms with Gasteiger partial charge in [0.2, 0.25) is 0 Å². The predicted molar refractivity (Wildman–Crippen MR) is 61.8 cm³/mol. The minimum absolute atomic E-state index is 0.606. The fourth-order valence-corrected chi connectivity index (χ4v) is 1.42. The summed E-state index contributed by atoms with van der Waals surface area (Å²) in [5, 5.41) is 1.01. The second kappa shape index (κ2) is 5.95. The van der Waals surface area contributed by atoms with E-state index in [1.165, 1.54) is 11.1 Å². The van der Waals surface area contributed by atoms with Crippen LogP contribution in [0.1, 0.15) is 17.5 Å². The Kier molecular flexibility index (Phi) is 4.79. The first kappa shape index (κ1) is 10.5. The quantitative estimate of drug-likeness (QED) is 0.804. The van der Waals surface area contributed by atoms with E-state index in [1.807, 2.05) is 12.1 Å². The molecule has 0 amide bonds. The normalized spacial score (nSPS) is 10.9. The topological polar surface area (TPSA) is 26.0 Å². The van der Waals surface area contributed by atoms with Gasteiger partial charge >= 0.3 is 0 Å². The molecule has 0 atom stereocenters. The minimum Gasteiger partial charge on any atom is -0.326 e.